The van der Waals surface area contributed by atoms with E-state index < -0.39 is 4.92 Å². The van der Waals surface area contributed by atoms with E-state index in [1.54, 1.807) is 19.1 Å². The number of nitrogens with zero attached hydrogens (tertiary/aromatic N) is 5. The van der Waals surface area contributed by atoms with Gasteiger partial charge in [-0.3, -0.25) is 10.1 Å². The van der Waals surface area contributed by atoms with Gasteiger partial charge in [0.2, 0.25) is 11.6 Å². The summed E-state index contributed by atoms with van der Waals surface area (Å²) in [5, 5.41) is 12.5. The molecule has 3 rings (SSSR count). The van der Waals surface area contributed by atoms with Crippen molar-refractivity contribution < 1.29 is 9.66 Å². The van der Waals surface area contributed by atoms with E-state index in [-0.39, 0.29) is 5.69 Å². The topological polar surface area (TPSA) is 84.6 Å². The van der Waals surface area contributed by atoms with E-state index in [2.05, 4.69) is 16.0 Å². The van der Waals surface area contributed by atoms with Crippen LogP contribution in [-0.2, 0) is 4.74 Å². The van der Waals surface area contributed by atoms with Crippen LogP contribution in [-0.4, -0.2) is 55.3 Å². The van der Waals surface area contributed by atoms with E-state index in [9.17, 15) is 10.1 Å². The van der Waals surface area contributed by atoms with Crippen LogP contribution in [0.5, 0.6) is 0 Å². The molecule has 148 valence electrons. The number of methoxy groups -OCH3 is 1. The molecule has 0 atom stereocenters. The Kier molecular flexibility index (Phi) is 6.43. The molecule has 8 nitrogen and oxygen atoms in total. The van der Waals surface area contributed by atoms with Crippen molar-refractivity contribution in [2.45, 2.75) is 6.42 Å². The van der Waals surface area contributed by atoms with Crippen molar-refractivity contribution in [2.24, 2.45) is 0 Å². The highest BCUT2D eigenvalue weighted by Gasteiger charge is 2.29. The van der Waals surface area contributed by atoms with Crippen molar-refractivity contribution >= 4 is 34.5 Å². The molecule has 1 aromatic carbocycles. The fourth-order valence-corrected chi connectivity index (χ4v) is 3.28. The lowest BCUT2D eigenvalue weighted by molar-refractivity contribution is -0.383. The summed E-state index contributed by atoms with van der Waals surface area (Å²) in [7, 11) is 3.35. The van der Waals surface area contributed by atoms with Gasteiger partial charge in [-0.25, -0.2) is 9.97 Å². The van der Waals surface area contributed by atoms with Crippen LogP contribution in [0.3, 0.4) is 0 Å². The van der Waals surface area contributed by atoms with Gasteiger partial charge in [-0.05, 0) is 29.7 Å². The SMILES string of the molecule is COCCN(C)c1ncnc(N2CC=C(c3ccc(Cl)cc3)CC2)c1[N+](=O)[O-]. The van der Waals surface area contributed by atoms with Crippen molar-refractivity contribution in [2.75, 3.05) is 50.2 Å². The molecule has 28 heavy (non-hydrogen) atoms. The van der Waals surface area contributed by atoms with Gasteiger partial charge < -0.3 is 14.5 Å². The van der Waals surface area contributed by atoms with Crippen molar-refractivity contribution in [1.82, 2.24) is 9.97 Å². The lowest BCUT2D eigenvalue weighted by Gasteiger charge is -2.28. The van der Waals surface area contributed by atoms with Gasteiger partial charge in [-0.2, -0.15) is 0 Å². The fraction of sp³-hybridized carbons (Fsp3) is 0.368. The van der Waals surface area contributed by atoms with E-state index in [0.717, 1.165) is 12.0 Å². The predicted molar refractivity (Wildman–Crippen MR) is 110 cm³/mol. The average Bonchev–Trinajstić information content (AvgIpc) is 2.72. The number of rotatable bonds is 7. The standard InChI is InChI=1S/C19H22ClN5O3/c1-23(11-12-28-2)18-17(25(26)27)19(22-13-21-18)24-9-7-15(8-10-24)14-3-5-16(20)6-4-14/h3-7,13H,8-12H2,1-2H3. The Balaban J connectivity index is 1.86. The largest absolute Gasteiger partial charge is 0.383 e. The van der Waals surface area contributed by atoms with Crippen molar-refractivity contribution in [1.29, 1.82) is 0 Å². The number of hydrogen-bond donors (Lipinski definition) is 0. The Morgan fingerprint density at radius 3 is 2.68 bits per heavy atom. The van der Waals surface area contributed by atoms with Gasteiger partial charge in [-0.15, -0.1) is 0 Å². The van der Waals surface area contributed by atoms with Gasteiger partial charge in [-0.1, -0.05) is 29.8 Å². The van der Waals surface area contributed by atoms with E-state index in [1.165, 1.54) is 11.9 Å². The molecular weight excluding hydrogens is 382 g/mol. The minimum absolute atomic E-state index is 0.0792. The lowest BCUT2D eigenvalue weighted by atomic mass is 9.99. The highest BCUT2D eigenvalue weighted by Crippen LogP contribution is 2.35. The number of halogens is 1. The normalized spacial score (nSPS) is 14.0. The van der Waals surface area contributed by atoms with Crippen LogP contribution in [0.1, 0.15) is 12.0 Å². The molecule has 0 saturated carbocycles. The van der Waals surface area contributed by atoms with Crippen molar-refractivity contribution in [3.05, 3.63) is 57.4 Å². The number of anilines is 2. The molecule has 2 heterocycles. The second-order valence-electron chi connectivity index (χ2n) is 6.47. The zero-order chi connectivity index (χ0) is 20.1. The van der Waals surface area contributed by atoms with Gasteiger partial charge in [0.15, 0.2) is 0 Å². The molecule has 0 amide bonds. The number of likely N-dealkylation sites (N-methyl/N-ethyl adjacent to an activating group) is 1. The minimum atomic E-state index is -0.410. The number of ether oxygens (including phenoxy) is 1. The van der Waals surface area contributed by atoms with Gasteiger partial charge in [0.1, 0.15) is 6.33 Å². The number of benzene rings is 1. The molecule has 0 fully saturated rings. The Morgan fingerprint density at radius 2 is 2.07 bits per heavy atom. The molecule has 0 aliphatic carbocycles. The number of aromatic nitrogens is 2. The summed E-state index contributed by atoms with van der Waals surface area (Å²) in [6.07, 6.45) is 4.21. The van der Waals surface area contributed by atoms with Crippen molar-refractivity contribution in [3.63, 3.8) is 0 Å². The quantitative estimate of drug-likeness (QED) is 0.517. The Labute approximate surface area is 168 Å². The summed E-state index contributed by atoms with van der Waals surface area (Å²) >= 11 is 5.96. The maximum absolute atomic E-state index is 11.8. The van der Waals surface area contributed by atoms with Crippen LogP contribution >= 0.6 is 11.6 Å². The minimum Gasteiger partial charge on any atom is -0.383 e. The van der Waals surface area contributed by atoms with Crippen LogP contribution in [0.4, 0.5) is 17.3 Å². The zero-order valence-electron chi connectivity index (χ0n) is 15.8. The van der Waals surface area contributed by atoms with Gasteiger partial charge >= 0.3 is 5.69 Å². The molecular formula is C19H22ClN5O3. The van der Waals surface area contributed by atoms with Crippen LogP contribution in [0.15, 0.2) is 36.7 Å². The monoisotopic (exact) mass is 403 g/mol. The first-order valence-electron chi connectivity index (χ1n) is 8.90. The third-order valence-corrected chi connectivity index (χ3v) is 4.93. The third kappa shape index (κ3) is 4.40. The second-order valence-corrected chi connectivity index (χ2v) is 6.91. The first kappa shape index (κ1) is 20.0. The molecule has 0 unspecified atom stereocenters. The molecule has 0 radical (unpaired) electrons. The Hall–Kier alpha value is -2.71. The maximum Gasteiger partial charge on any atom is 0.353 e. The molecule has 1 aromatic heterocycles. The van der Waals surface area contributed by atoms with Crippen molar-refractivity contribution in [3.8, 4) is 0 Å². The van der Waals surface area contributed by atoms with Crippen LogP contribution < -0.4 is 9.80 Å². The highest BCUT2D eigenvalue weighted by molar-refractivity contribution is 6.30. The molecule has 0 saturated heterocycles. The van der Waals surface area contributed by atoms with Gasteiger partial charge in [0.05, 0.1) is 11.5 Å². The van der Waals surface area contributed by atoms with Crippen LogP contribution in [0.25, 0.3) is 5.57 Å². The first-order chi connectivity index (χ1) is 13.5. The lowest BCUT2D eigenvalue weighted by Crippen LogP contribution is -2.31. The molecule has 0 spiro atoms. The average molecular weight is 404 g/mol. The summed E-state index contributed by atoms with van der Waals surface area (Å²) in [5.74, 6) is 0.630. The van der Waals surface area contributed by atoms with Gasteiger partial charge in [0, 0.05) is 38.8 Å². The molecule has 0 bridgehead atoms. The molecule has 9 heteroatoms. The highest BCUT2D eigenvalue weighted by atomic mass is 35.5. The summed E-state index contributed by atoms with van der Waals surface area (Å²) < 4.78 is 5.06. The fourth-order valence-electron chi connectivity index (χ4n) is 3.16. The third-order valence-electron chi connectivity index (χ3n) is 4.68. The van der Waals surface area contributed by atoms with E-state index >= 15 is 0 Å². The summed E-state index contributed by atoms with van der Waals surface area (Å²) in [6, 6.07) is 7.70. The zero-order valence-corrected chi connectivity index (χ0v) is 16.6. The molecule has 1 aliphatic heterocycles. The summed E-state index contributed by atoms with van der Waals surface area (Å²) in [6.45, 7) is 2.11. The van der Waals surface area contributed by atoms with Crippen LogP contribution in [0, 0.1) is 10.1 Å². The molecule has 0 N–H and O–H groups in total. The van der Waals surface area contributed by atoms with E-state index in [1.807, 2.05) is 29.2 Å². The number of hydrogen-bond acceptors (Lipinski definition) is 7. The summed E-state index contributed by atoms with van der Waals surface area (Å²) in [5.41, 5.74) is 2.23. The van der Waals surface area contributed by atoms with Crippen LogP contribution in [0.2, 0.25) is 5.02 Å². The van der Waals surface area contributed by atoms with E-state index in [0.29, 0.717) is 42.9 Å². The van der Waals surface area contributed by atoms with Gasteiger partial charge in [0.25, 0.3) is 0 Å². The number of nitro groups is 1. The molecule has 2 aromatic rings. The first-order valence-corrected chi connectivity index (χ1v) is 9.28. The Bertz CT molecular complexity index is 872. The predicted octanol–water partition coefficient (Wildman–Crippen LogP) is 3.41. The smallest absolute Gasteiger partial charge is 0.353 e. The maximum atomic E-state index is 11.8. The Morgan fingerprint density at radius 1 is 1.32 bits per heavy atom. The summed E-state index contributed by atoms with van der Waals surface area (Å²) in [4.78, 5) is 23.4. The van der Waals surface area contributed by atoms with E-state index in [4.69, 9.17) is 16.3 Å². The molecule has 1 aliphatic rings. The second kappa shape index (κ2) is 8.99.